The fourth-order valence-corrected chi connectivity index (χ4v) is 8.70. The van der Waals surface area contributed by atoms with Crippen LogP contribution in [0.15, 0.2) is 127 Å². The minimum atomic E-state index is -5.74. The molecule has 0 saturated heterocycles. The normalized spacial score (nSPS) is 13.7. The van der Waals surface area contributed by atoms with E-state index in [0.29, 0.717) is 22.8 Å². The average Bonchev–Trinajstić information content (AvgIpc) is 3.57. The molecule has 0 saturated carbocycles. The molecule has 6 rings (SSSR count). The highest BCUT2D eigenvalue weighted by molar-refractivity contribution is 7.62. The first-order chi connectivity index (χ1) is 24.4. The summed E-state index contributed by atoms with van der Waals surface area (Å²) in [5, 5.41) is 9.58. The van der Waals surface area contributed by atoms with Crippen LogP contribution < -0.4 is 5.30 Å². The van der Waals surface area contributed by atoms with Gasteiger partial charge in [0.1, 0.15) is 5.52 Å². The van der Waals surface area contributed by atoms with Crippen LogP contribution in [0.1, 0.15) is 36.1 Å². The van der Waals surface area contributed by atoms with Crippen molar-refractivity contribution in [2.75, 3.05) is 13.2 Å². The molecule has 6 aromatic rings. The molecular weight excluding hydrogens is 694 g/mol. The van der Waals surface area contributed by atoms with Gasteiger partial charge in [0.15, 0.2) is 0 Å². The SMILES string of the molecule is CCOP(=O)(OCC)c1ccccc1-c1ccc(CC(Cc2ccc(C(F)(F)P(=O)(O)O)cc2)(c2ccccc2)n2nnc3ccccc32)cc1. The molecule has 1 aromatic heterocycles. The smallest absolute Gasteiger partial charge is 0.320 e. The highest BCUT2D eigenvalue weighted by Gasteiger charge is 2.50. The Morgan fingerprint density at radius 2 is 1.24 bits per heavy atom. The van der Waals surface area contributed by atoms with Gasteiger partial charge in [0.25, 0.3) is 0 Å². The van der Waals surface area contributed by atoms with Gasteiger partial charge in [-0.15, -0.1) is 5.10 Å². The fraction of sp³-hybridized carbons (Fsp3) is 0.211. The minimum absolute atomic E-state index is 0.220. The predicted octanol–water partition coefficient (Wildman–Crippen LogP) is 8.45. The van der Waals surface area contributed by atoms with Crippen molar-refractivity contribution >= 4 is 31.5 Å². The van der Waals surface area contributed by atoms with E-state index in [-0.39, 0.29) is 19.6 Å². The predicted molar refractivity (Wildman–Crippen MR) is 193 cm³/mol. The van der Waals surface area contributed by atoms with Crippen LogP contribution in [-0.4, -0.2) is 38.0 Å². The summed E-state index contributed by atoms with van der Waals surface area (Å²) >= 11 is 0. The molecule has 51 heavy (non-hydrogen) atoms. The fourth-order valence-electron chi connectivity index (χ4n) is 6.41. The van der Waals surface area contributed by atoms with Crippen LogP contribution in [0.3, 0.4) is 0 Å². The van der Waals surface area contributed by atoms with Gasteiger partial charge in [0.2, 0.25) is 0 Å². The molecule has 5 aromatic carbocycles. The second-order valence-corrected chi connectivity index (χ2v) is 15.7. The maximum absolute atomic E-state index is 14.6. The molecular formula is C38H37F2N3O6P2. The summed E-state index contributed by atoms with van der Waals surface area (Å²) in [5.41, 5.74) is -0.634. The molecule has 1 heterocycles. The average molecular weight is 732 g/mol. The Bertz CT molecular complexity index is 2200. The van der Waals surface area contributed by atoms with Crippen LogP contribution in [0.4, 0.5) is 8.78 Å². The molecule has 9 nitrogen and oxygen atoms in total. The molecule has 1 unspecified atom stereocenters. The monoisotopic (exact) mass is 731 g/mol. The number of benzene rings is 5. The summed E-state index contributed by atoms with van der Waals surface area (Å²) in [6, 6.07) is 37.5. The van der Waals surface area contributed by atoms with Gasteiger partial charge in [-0.25, -0.2) is 4.68 Å². The number of nitrogens with zero attached hydrogens (tertiary/aromatic N) is 3. The number of hydrogen-bond donors (Lipinski definition) is 2. The molecule has 0 amide bonds. The van der Waals surface area contributed by atoms with E-state index in [2.05, 4.69) is 10.3 Å². The summed E-state index contributed by atoms with van der Waals surface area (Å²) in [6.45, 7) is 3.98. The first-order valence-corrected chi connectivity index (χ1v) is 19.5. The third-order valence-corrected chi connectivity index (χ3v) is 12.0. The summed E-state index contributed by atoms with van der Waals surface area (Å²) in [4.78, 5) is 18.6. The molecule has 0 aliphatic carbocycles. The third kappa shape index (κ3) is 7.24. The molecule has 0 aliphatic heterocycles. The van der Waals surface area contributed by atoms with E-state index < -0.39 is 32.0 Å². The second-order valence-electron chi connectivity index (χ2n) is 12.1. The van der Waals surface area contributed by atoms with E-state index in [4.69, 9.17) is 9.05 Å². The van der Waals surface area contributed by atoms with Gasteiger partial charge in [-0.1, -0.05) is 114 Å². The lowest BCUT2D eigenvalue weighted by Crippen LogP contribution is -2.40. The van der Waals surface area contributed by atoms with Gasteiger partial charge in [-0.05, 0) is 59.9 Å². The van der Waals surface area contributed by atoms with Crippen LogP contribution in [0.2, 0.25) is 0 Å². The highest BCUT2D eigenvalue weighted by atomic mass is 31.2. The number of alkyl halides is 2. The molecule has 264 valence electrons. The Morgan fingerprint density at radius 1 is 0.686 bits per heavy atom. The molecule has 0 aliphatic rings. The summed E-state index contributed by atoms with van der Waals surface area (Å²) < 4.78 is 67.8. The van der Waals surface area contributed by atoms with Crippen molar-refractivity contribution in [2.45, 2.75) is 37.9 Å². The van der Waals surface area contributed by atoms with Crippen LogP contribution in [-0.2, 0) is 42.2 Å². The maximum atomic E-state index is 14.6. The van der Waals surface area contributed by atoms with Crippen molar-refractivity contribution < 1.29 is 36.7 Å². The zero-order valence-electron chi connectivity index (χ0n) is 28.0. The first-order valence-electron chi connectivity index (χ1n) is 16.4. The van der Waals surface area contributed by atoms with Crippen molar-refractivity contribution in [2.24, 2.45) is 0 Å². The van der Waals surface area contributed by atoms with Crippen molar-refractivity contribution in [1.82, 2.24) is 15.0 Å². The highest BCUT2D eigenvalue weighted by Crippen LogP contribution is 2.59. The number of halogens is 2. The lowest BCUT2D eigenvalue weighted by atomic mass is 9.78. The largest absolute Gasteiger partial charge is 0.399 e. The first kappa shape index (κ1) is 36.5. The third-order valence-electron chi connectivity index (χ3n) is 8.79. The minimum Gasteiger partial charge on any atom is -0.320 e. The van der Waals surface area contributed by atoms with E-state index in [0.717, 1.165) is 39.9 Å². The van der Waals surface area contributed by atoms with E-state index in [1.54, 1.807) is 26.0 Å². The molecule has 2 N–H and O–H groups in total. The molecule has 1 atom stereocenters. The van der Waals surface area contributed by atoms with Crippen LogP contribution >= 0.6 is 15.2 Å². The number of rotatable bonds is 14. The lowest BCUT2D eigenvalue weighted by molar-refractivity contribution is 0.0564. The van der Waals surface area contributed by atoms with E-state index in [1.807, 2.05) is 95.7 Å². The Hall–Kier alpha value is -4.34. The number of fused-ring (bicyclic) bond motifs is 1. The van der Waals surface area contributed by atoms with Crippen molar-refractivity contribution in [3.05, 3.63) is 150 Å². The zero-order chi connectivity index (χ0) is 36.3. The number of hydrogen-bond acceptors (Lipinski definition) is 6. The van der Waals surface area contributed by atoms with Crippen LogP contribution in [0.5, 0.6) is 0 Å². The van der Waals surface area contributed by atoms with Crippen molar-refractivity contribution in [3.8, 4) is 11.1 Å². The van der Waals surface area contributed by atoms with Gasteiger partial charge in [0.05, 0.1) is 29.6 Å². The topological polar surface area (TPSA) is 124 Å². The van der Waals surface area contributed by atoms with E-state index in [1.165, 1.54) is 12.1 Å². The molecule has 0 fully saturated rings. The summed E-state index contributed by atoms with van der Waals surface area (Å²) in [5.74, 6) is 0. The van der Waals surface area contributed by atoms with Crippen LogP contribution in [0, 0.1) is 0 Å². The van der Waals surface area contributed by atoms with Crippen molar-refractivity contribution in [1.29, 1.82) is 0 Å². The summed E-state index contributed by atoms with van der Waals surface area (Å²) in [6.07, 6.45) is 0.658. The number of para-hydroxylation sites is 1. The maximum Gasteiger partial charge on any atom is 0.399 e. The van der Waals surface area contributed by atoms with Gasteiger partial charge >= 0.3 is 20.9 Å². The Labute approximate surface area is 294 Å². The Kier molecular flexibility index (Phi) is 10.5. The van der Waals surface area contributed by atoms with E-state index in [9.17, 15) is 27.7 Å². The summed E-state index contributed by atoms with van der Waals surface area (Å²) in [7, 11) is -9.33. The zero-order valence-corrected chi connectivity index (χ0v) is 29.8. The van der Waals surface area contributed by atoms with Gasteiger partial charge in [0, 0.05) is 18.4 Å². The van der Waals surface area contributed by atoms with Gasteiger partial charge in [-0.2, -0.15) is 8.78 Å². The van der Waals surface area contributed by atoms with Crippen molar-refractivity contribution in [3.63, 3.8) is 0 Å². The Morgan fingerprint density at radius 3 is 1.84 bits per heavy atom. The standard InChI is InChI=1S/C38H37F2N3O6P2/c1-3-48-50(44,49-4-2)36-17-11-8-14-33(36)30-22-18-28(19-23-30)26-37(31-12-6-5-7-13-31,43-35-16-10-9-15-34(35)41-42-43)27-29-20-24-32(25-21-29)38(39,40)51(45,46)47/h5-25H,3-4,26-27H2,1-2H3,(H2,45,46,47). The molecule has 0 bridgehead atoms. The van der Waals surface area contributed by atoms with Gasteiger partial charge in [-0.3, -0.25) is 9.13 Å². The number of aromatic nitrogens is 3. The lowest BCUT2D eigenvalue weighted by Gasteiger charge is -2.36. The Balaban J connectivity index is 1.46. The van der Waals surface area contributed by atoms with Gasteiger partial charge < -0.3 is 18.8 Å². The second kappa shape index (κ2) is 14.7. The molecule has 13 heteroatoms. The quantitative estimate of drug-likeness (QED) is 0.107. The molecule has 0 radical (unpaired) electrons. The van der Waals surface area contributed by atoms with E-state index >= 15 is 0 Å². The molecule has 0 spiro atoms. The van der Waals surface area contributed by atoms with Crippen LogP contribution in [0.25, 0.3) is 22.2 Å².